The Labute approximate surface area is 145 Å². The van der Waals surface area contributed by atoms with Gasteiger partial charge in [0.05, 0.1) is 6.26 Å². The second-order valence-electron chi connectivity index (χ2n) is 5.35. The van der Waals surface area contributed by atoms with Gasteiger partial charge in [-0.05, 0) is 24.6 Å². The summed E-state index contributed by atoms with van der Waals surface area (Å²) >= 11 is 0. The minimum Gasteiger partial charge on any atom is -0.459 e. The standard InChI is InChI=1S/C17H19N2O5P/c1-12-6-8-13(9-7-12)11-18-16-17(25(20,21-2)22-3)19-15(24-16)14-5-4-10-23-14/h4-10,18H,11H2,1-3H3. The van der Waals surface area contributed by atoms with Gasteiger partial charge in [0.25, 0.3) is 5.89 Å². The van der Waals surface area contributed by atoms with Crippen molar-refractivity contribution < 1.29 is 22.4 Å². The molecule has 0 aliphatic rings. The molecule has 0 amide bonds. The van der Waals surface area contributed by atoms with Crippen molar-refractivity contribution in [1.82, 2.24) is 4.98 Å². The van der Waals surface area contributed by atoms with Gasteiger partial charge >= 0.3 is 7.60 Å². The lowest BCUT2D eigenvalue weighted by molar-refractivity contribution is 0.286. The number of furan rings is 1. The third-order valence-corrected chi connectivity index (χ3v) is 5.44. The molecule has 1 aromatic carbocycles. The molecule has 0 saturated heterocycles. The number of benzene rings is 1. The van der Waals surface area contributed by atoms with Crippen LogP contribution in [-0.4, -0.2) is 19.2 Å². The largest absolute Gasteiger partial charge is 0.459 e. The molecule has 2 aromatic heterocycles. The van der Waals surface area contributed by atoms with E-state index in [0.29, 0.717) is 12.3 Å². The minimum atomic E-state index is -3.59. The van der Waals surface area contributed by atoms with Crippen LogP contribution in [0.1, 0.15) is 11.1 Å². The Morgan fingerprint density at radius 3 is 2.48 bits per heavy atom. The van der Waals surface area contributed by atoms with Crippen LogP contribution >= 0.6 is 7.60 Å². The van der Waals surface area contributed by atoms with Gasteiger partial charge in [-0.2, -0.15) is 4.98 Å². The van der Waals surface area contributed by atoms with Gasteiger partial charge in [-0.1, -0.05) is 29.8 Å². The van der Waals surface area contributed by atoms with Gasteiger partial charge < -0.3 is 23.2 Å². The first-order valence-corrected chi connectivity index (χ1v) is 9.16. The normalized spacial score (nSPS) is 11.6. The summed E-state index contributed by atoms with van der Waals surface area (Å²) in [6.07, 6.45) is 1.50. The van der Waals surface area contributed by atoms with Gasteiger partial charge in [0.2, 0.25) is 11.3 Å². The van der Waals surface area contributed by atoms with Crippen molar-refractivity contribution in [3.05, 3.63) is 53.8 Å². The van der Waals surface area contributed by atoms with Crippen molar-refractivity contribution in [2.45, 2.75) is 13.5 Å². The summed E-state index contributed by atoms with van der Waals surface area (Å²) in [6, 6.07) is 11.4. The fourth-order valence-electron chi connectivity index (χ4n) is 2.25. The van der Waals surface area contributed by atoms with E-state index in [1.165, 1.54) is 26.0 Å². The fourth-order valence-corrected chi connectivity index (χ4v) is 3.34. The van der Waals surface area contributed by atoms with Crippen LogP contribution in [0.4, 0.5) is 5.88 Å². The predicted molar refractivity (Wildman–Crippen MR) is 94.0 cm³/mol. The summed E-state index contributed by atoms with van der Waals surface area (Å²) in [6.45, 7) is 2.49. The maximum atomic E-state index is 12.8. The summed E-state index contributed by atoms with van der Waals surface area (Å²) in [5.41, 5.74) is 2.29. The maximum Gasteiger partial charge on any atom is 0.384 e. The van der Waals surface area contributed by atoms with E-state index in [1.807, 2.05) is 31.2 Å². The van der Waals surface area contributed by atoms with Gasteiger partial charge in [-0.15, -0.1) is 0 Å². The first-order chi connectivity index (χ1) is 12.1. The van der Waals surface area contributed by atoms with E-state index >= 15 is 0 Å². The zero-order chi connectivity index (χ0) is 17.9. The van der Waals surface area contributed by atoms with Crippen LogP contribution in [-0.2, 0) is 20.2 Å². The van der Waals surface area contributed by atoms with Gasteiger partial charge in [0.1, 0.15) is 0 Å². The summed E-state index contributed by atoms with van der Waals surface area (Å²) in [4.78, 5) is 4.26. The minimum absolute atomic E-state index is 0.0796. The van der Waals surface area contributed by atoms with E-state index in [0.717, 1.165) is 5.56 Å². The number of anilines is 1. The molecule has 0 spiro atoms. The molecule has 0 bridgehead atoms. The number of hydrogen-bond acceptors (Lipinski definition) is 7. The summed E-state index contributed by atoms with van der Waals surface area (Å²) in [7, 11) is -0.988. The third-order valence-electron chi connectivity index (χ3n) is 3.66. The zero-order valence-corrected chi connectivity index (χ0v) is 15.1. The van der Waals surface area contributed by atoms with Crippen LogP contribution in [0.15, 0.2) is 51.5 Å². The summed E-state index contributed by atoms with van der Waals surface area (Å²) in [5, 5.41) is 3.10. The molecule has 0 radical (unpaired) electrons. The lowest BCUT2D eigenvalue weighted by atomic mass is 10.1. The molecule has 8 heteroatoms. The van der Waals surface area contributed by atoms with Crippen molar-refractivity contribution in [2.75, 3.05) is 19.5 Å². The van der Waals surface area contributed by atoms with Crippen molar-refractivity contribution >= 4 is 18.9 Å². The highest BCUT2D eigenvalue weighted by Gasteiger charge is 2.34. The Morgan fingerprint density at radius 2 is 1.88 bits per heavy atom. The average Bonchev–Trinajstić information content (AvgIpc) is 3.30. The Kier molecular flexibility index (Phi) is 5.08. The maximum absolute atomic E-state index is 12.8. The Balaban J connectivity index is 1.93. The molecular formula is C17H19N2O5P. The summed E-state index contributed by atoms with van der Waals surface area (Å²) < 4.78 is 33.9. The second kappa shape index (κ2) is 7.27. The van der Waals surface area contributed by atoms with Crippen molar-refractivity contribution in [1.29, 1.82) is 0 Å². The monoisotopic (exact) mass is 362 g/mol. The second-order valence-corrected chi connectivity index (χ2v) is 7.50. The zero-order valence-electron chi connectivity index (χ0n) is 14.2. The average molecular weight is 362 g/mol. The third kappa shape index (κ3) is 3.69. The number of hydrogen-bond donors (Lipinski definition) is 1. The molecule has 25 heavy (non-hydrogen) atoms. The van der Waals surface area contributed by atoms with E-state index < -0.39 is 7.60 Å². The van der Waals surface area contributed by atoms with Crippen LogP contribution in [0, 0.1) is 6.92 Å². The quantitative estimate of drug-likeness (QED) is 0.637. The Hall–Kier alpha value is -2.34. The summed E-state index contributed by atoms with van der Waals surface area (Å²) in [5.74, 6) is 0.836. The van der Waals surface area contributed by atoms with Crippen LogP contribution in [0.3, 0.4) is 0 Å². The van der Waals surface area contributed by atoms with Crippen LogP contribution in [0.2, 0.25) is 0 Å². The van der Waals surface area contributed by atoms with Crippen LogP contribution in [0.25, 0.3) is 11.7 Å². The number of aromatic nitrogens is 1. The SMILES string of the molecule is COP(=O)(OC)c1nc(-c2ccco2)oc1NCc1ccc(C)cc1. The van der Waals surface area contributed by atoms with Gasteiger partial charge in [0, 0.05) is 20.8 Å². The van der Waals surface area contributed by atoms with Gasteiger partial charge in [-0.3, -0.25) is 4.57 Å². The molecule has 0 saturated carbocycles. The molecule has 0 unspecified atom stereocenters. The Morgan fingerprint density at radius 1 is 1.16 bits per heavy atom. The number of oxazole rings is 1. The molecule has 0 aliphatic carbocycles. The molecular weight excluding hydrogens is 343 g/mol. The van der Waals surface area contributed by atoms with Gasteiger partial charge in [0.15, 0.2) is 5.76 Å². The highest BCUT2D eigenvalue weighted by molar-refractivity contribution is 7.62. The van der Waals surface area contributed by atoms with E-state index in [4.69, 9.17) is 17.9 Å². The Bertz CT molecular complexity index is 863. The fraction of sp³-hybridized carbons (Fsp3) is 0.235. The predicted octanol–water partition coefficient (Wildman–Crippen LogP) is 3.97. The number of nitrogens with one attached hydrogen (secondary N) is 1. The molecule has 0 atom stereocenters. The first kappa shape index (κ1) is 17.5. The lowest BCUT2D eigenvalue weighted by Gasteiger charge is -2.12. The van der Waals surface area contributed by atoms with E-state index in [9.17, 15) is 4.57 Å². The molecule has 0 fully saturated rings. The molecule has 1 N–H and O–H groups in total. The molecule has 3 rings (SSSR count). The molecule has 7 nitrogen and oxygen atoms in total. The number of nitrogens with zero attached hydrogens (tertiary/aromatic N) is 1. The number of rotatable bonds is 7. The van der Waals surface area contributed by atoms with Crippen molar-refractivity contribution in [3.8, 4) is 11.7 Å². The molecule has 132 valence electrons. The smallest absolute Gasteiger partial charge is 0.384 e. The van der Waals surface area contributed by atoms with Crippen molar-refractivity contribution in [3.63, 3.8) is 0 Å². The van der Waals surface area contributed by atoms with E-state index in [2.05, 4.69) is 10.3 Å². The lowest BCUT2D eigenvalue weighted by Crippen LogP contribution is -2.14. The highest BCUT2D eigenvalue weighted by atomic mass is 31.2. The topological polar surface area (TPSA) is 86.7 Å². The number of aryl methyl sites for hydroxylation is 1. The molecule has 0 aliphatic heterocycles. The molecule has 2 heterocycles. The van der Waals surface area contributed by atoms with Crippen LogP contribution < -0.4 is 10.8 Å². The van der Waals surface area contributed by atoms with Gasteiger partial charge in [-0.25, -0.2) is 0 Å². The van der Waals surface area contributed by atoms with Crippen molar-refractivity contribution in [2.24, 2.45) is 0 Å². The van der Waals surface area contributed by atoms with E-state index in [-0.39, 0.29) is 17.2 Å². The van der Waals surface area contributed by atoms with E-state index in [1.54, 1.807) is 12.1 Å². The first-order valence-electron chi connectivity index (χ1n) is 7.62. The van der Waals surface area contributed by atoms with Crippen LogP contribution in [0.5, 0.6) is 0 Å². The highest BCUT2D eigenvalue weighted by Crippen LogP contribution is 2.47. The molecule has 3 aromatic rings.